The summed E-state index contributed by atoms with van der Waals surface area (Å²) in [6.45, 7) is 56.0. The molecule has 6 aromatic rings. The van der Waals surface area contributed by atoms with Crippen molar-refractivity contribution in [2.75, 3.05) is 11.5 Å². The first-order chi connectivity index (χ1) is 43.2. The minimum atomic E-state index is -0.245. The number of phenolic OH excluding ortho intramolecular Hbond substituents is 6. The molecule has 0 aliphatic heterocycles. The number of aryl methyl sites for hydroxylation is 6. The van der Waals surface area contributed by atoms with Gasteiger partial charge in [-0.1, -0.05) is 239 Å². The molecule has 6 aromatic carbocycles. The maximum atomic E-state index is 11.1. The zero-order valence-electron chi connectivity index (χ0n) is 64.0. The number of thioether (sulfide) groups is 1. The van der Waals surface area contributed by atoms with Crippen molar-refractivity contribution in [3.8, 4) is 34.5 Å². The summed E-state index contributed by atoms with van der Waals surface area (Å²) in [6, 6.07) is 25.0. The Morgan fingerprint density at radius 3 is 0.766 bits per heavy atom. The predicted octanol–water partition coefficient (Wildman–Crippen LogP) is 24.7. The Morgan fingerprint density at radius 2 is 0.511 bits per heavy atom. The Hall–Kier alpha value is -5.53. The van der Waals surface area contributed by atoms with E-state index in [-0.39, 0.29) is 49.7 Å². The monoisotopic (exact) mass is 1300 g/mol. The van der Waals surface area contributed by atoms with E-state index in [2.05, 4.69) is 228 Å². The summed E-state index contributed by atoms with van der Waals surface area (Å²) in [4.78, 5) is 0. The van der Waals surface area contributed by atoms with Gasteiger partial charge in [0.1, 0.15) is 34.5 Å². The van der Waals surface area contributed by atoms with E-state index in [0.717, 1.165) is 98.2 Å². The van der Waals surface area contributed by atoms with Crippen molar-refractivity contribution >= 4 is 11.8 Å². The summed E-state index contributed by atoms with van der Waals surface area (Å²) in [7, 11) is 0. The van der Waals surface area contributed by atoms with E-state index in [4.69, 9.17) is 0 Å². The standard InChI is InChI=1S/C49H68O4.C38H62O2S/c1-28-20-42(50)38(46(5,6)7)24-34(28)32(35-25-39(47(8,9)10)43(51)21-29(35)2)18-17-19-33(36-26-40(48(11,12)13)44(52)22-30(36)3)37-27-41(49(14,15)16)45(53)23-31(37)4;1-11-12-13-14-15-16-17-18-19-20-22-41-23-21-38(10,30-26-32(36(4,5)6)34(39)24-28(30)2)31-27-33(37(7,8)9)35(40)25-29(31)3/h20-27,32-33,50-53H,17-19H2,1-16H3;24-27,39-40H,11-23H2,1-10H3. The van der Waals surface area contributed by atoms with E-state index in [0.29, 0.717) is 34.5 Å². The highest BCUT2D eigenvalue weighted by molar-refractivity contribution is 7.99. The van der Waals surface area contributed by atoms with Crippen molar-refractivity contribution in [1.29, 1.82) is 0 Å². The van der Waals surface area contributed by atoms with Crippen molar-refractivity contribution in [2.24, 2.45) is 0 Å². The van der Waals surface area contributed by atoms with Gasteiger partial charge in [-0.25, -0.2) is 0 Å². The van der Waals surface area contributed by atoms with Crippen LogP contribution in [-0.4, -0.2) is 42.1 Å². The Bertz CT molecular complexity index is 3150. The number of hydrogen-bond donors (Lipinski definition) is 6. The van der Waals surface area contributed by atoms with E-state index in [1.807, 2.05) is 36.4 Å². The fourth-order valence-corrected chi connectivity index (χ4v) is 15.7. The van der Waals surface area contributed by atoms with Crippen LogP contribution in [0.3, 0.4) is 0 Å². The quantitative estimate of drug-likeness (QED) is 0.0334. The van der Waals surface area contributed by atoms with Gasteiger partial charge in [0, 0.05) is 17.3 Å². The Morgan fingerprint density at radius 1 is 0.277 bits per heavy atom. The number of phenols is 6. The fourth-order valence-electron chi connectivity index (χ4n) is 14.5. The lowest BCUT2D eigenvalue weighted by Crippen LogP contribution is -2.29. The molecular formula is C87H130O6S. The zero-order valence-corrected chi connectivity index (χ0v) is 64.8. The van der Waals surface area contributed by atoms with Crippen molar-refractivity contribution in [1.82, 2.24) is 0 Å². The molecule has 0 aliphatic carbocycles. The summed E-state index contributed by atoms with van der Waals surface area (Å²) in [5.74, 6) is 4.42. The molecule has 6 N–H and O–H groups in total. The zero-order chi connectivity index (χ0) is 71.0. The number of rotatable bonds is 24. The molecule has 0 saturated heterocycles. The summed E-state index contributed by atoms with van der Waals surface area (Å²) >= 11 is 2.09. The third-order valence-electron chi connectivity index (χ3n) is 20.1. The molecule has 0 spiro atoms. The molecule has 6 rings (SSSR count). The molecule has 0 fully saturated rings. The first-order valence-electron chi connectivity index (χ1n) is 35.9. The number of unbranched alkanes of at least 4 members (excludes halogenated alkanes) is 9. The van der Waals surface area contributed by atoms with Gasteiger partial charge in [0.2, 0.25) is 0 Å². The van der Waals surface area contributed by atoms with Crippen molar-refractivity contribution in [2.45, 2.75) is 320 Å². The molecule has 6 nitrogen and oxygen atoms in total. The average Bonchev–Trinajstić information content (AvgIpc) is 0.759. The normalized spacial score (nSPS) is 12.9. The third-order valence-corrected chi connectivity index (χ3v) is 21.2. The molecule has 0 bridgehead atoms. The SMILES string of the molecule is CCCCCCCCCCCCSCCC(C)(c1cc(C(C)(C)C)c(O)cc1C)c1cc(C(C)(C)C)c(O)cc1C.Cc1cc(O)c(C(C)(C)C)cc1C(CCCC(c1cc(C(C)(C)C)c(O)cc1C)c1cc(C(C)(C)C)c(O)cc1C)c1cc(C(C)(C)C)c(O)cc1C. The number of aromatic hydroxyl groups is 6. The van der Waals surface area contributed by atoms with Crippen molar-refractivity contribution in [3.63, 3.8) is 0 Å². The largest absolute Gasteiger partial charge is 0.508 e. The Labute approximate surface area is 577 Å². The first-order valence-corrected chi connectivity index (χ1v) is 37.0. The molecule has 0 radical (unpaired) electrons. The second-order valence-electron chi connectivity index (χ2n) is 34.7. The van der Waals surface area contributed by atoms with Crippen LogP contribution in [0.2, 0.25) is 0 Å². The number of benzene rings is 6. The van der Waals surface area contributed by atoms with Crippen LogP contribution in [0, 0.1) is 41.5 Å². The highest BCUT2D eigenvalue weighted by Crippen LogP contribution is 2.49. The second-order valence-corrected chi connectivity index (χ2v) is 35.9. The van der Waals surface area contributed by atoms with Gasteiger partial charge >= 0.3 is 0 Å². The van der Waals surface area contributed by atoms with Crippen LogP contribution < -0.4 is 0 Å². The predicted molar refractivity (Wildman–Crippen MR) is 407 cm³/mol. The van der Waals surface area contributed by atoms with Crippen LogP contribution in [0.15, 0.2) is 72.8 Å². The van der Waals surface area contributed by atoms with Gasteiger partial charge in [0.25, 0.3) is 0 Å². The molecule has 7 heteroatoms. The van der Waals surface area contributed by atoms with Gasteiger partial charge < -0.3 is 30.6 Å². The van der Waals surface area contributed by atoms with E-state index in [9.17, 15) is 30.6 Å². The van der Waals surface area contributed by atoms with Crippen LogP contribution in [-0.2, 0) is 37.9 Å². The Balaban J connectivity index is 0.000000353. The lowest BCUT2D eigenvalue weighted by atomic mass is 9.68. The van der Waals surface area contributed by atoms with E-state index >= 15 is 0 Å². The minimum Gasteiger partial charge on any atom is -0.508 e. The first kappa shape index (κ1) is 79.2. The highest BCUT2D eigenvalue weighted by atomic mass is 32.2. The third kappa shape index (κ3) is 20.3. The van der Waals surface area contributed by atoms with Gasteiger partial charge in [-0.05, 0) is 248 Å². The molecule has 0 heterocycles. The van der Waals surface area contributed by atoms with E-state index < -0.39 is 0 Å². The van der Waals surface area contributed by atoms with E-state index in [1.54, 1.807) is 0 Å². The van der Waals surface area contributed by atoms with Gasteiger partial charge in [0.15, 0.2) is 0 Å². The molecule has 0 saturated carbocycles. The summed E-state index contributed by atoms with van der Waals surface area (Å²) in [5.41, 5.74) is 18.0. The molecule has 0 unspecified atom stereocenters. The Kier molecular flexibility index (Phi) is 26.8. The smallest absolute Gasteiger partial charge is 0.119 e. The molecule has 0 aliphatic rings. The van der Waals surface area contributed by atoms with Crippen LogP contribution in [0.4, 0.5) is 0 Å². The fraction of sp³-hybridized carbons (Fsp3) is 0.586. The molecule has 520 valence electrons. The molecule has 0 atom stereocenters. The topological polar surface area (TPSA) is 121 Å². The van der Waals surface area contributed by atoms with Crippen LogP contribution >= 0.6 is 11.8 Å². The lowest BCUT2D eigenvalue weighted by Gasteiger charge is -2.37. The van der Waals surface area contributed by atoms with Gasteiger partial charge in [-0.2, -0.15) is 11.8 Å². The van der Waals surface area contributed by atoms with Crippen LogP contribution in [0.5, 0.6) is 34.5 Å². The number of hydrogen-bond acceptors (Lipinski definition) is 7. The van der Waals surface area contributed by atoms with E-state index in [1.165, 1.54) is 103 Å². The summed E-state index contributed by atoms with van der Waals surface area (Å²) < 4.78 is 0. The lowest BCUT2D eigenvalue weighted by molar-refractivity contribution is 0.440. The van der Waals surface area contributed by atoms with Gasteiger partial charge in [-0.3, -0.25) is 0 Å². The highest BCUT2D eigenvalue weighted by Gasteiger charge is 2.37. The summed E-state index contributed by atoms with van der Waals surface area (Å²) in [5, 5.41) is 66.3. The van der Waals surface area contributed by atoms with Gasteiger partial charge in [-0.15, -0.1) is 0 Å². The maximum absolute atomic E-state index is 11.1. The van der Waals surface area contributed by atoms with Crippen molar-refractivity contribution in [3.05, 3.63) is 173 Å². The second kappa shape index (κ2) is 31.8. The van der Waals surface area contributed by atoms with Crippen LogP contribution in [0.25, 0.3) is 0 Å². The molecule has 0 aromatic heterocycles. The molecular weight excluding hydrogens is 1170 g/mol. The molecule has 0 amide bonds. The van der Waals surface area contributed by atoms with Crippen LogP contribution in [0.1, 0.15) is 340 Å². The summed E-state index contributed by atoms with van der Waals surface area (Å²) in [6.07, 6.45) is 17.4. The molecule has 94 heavy (non-hydrogen) atoms. The average molecular weight is 1300 g/mol. The van der Waals surface area contributed by atoms with Crippen molar-refractivity contribution < 1.29 is 30.6 Å². The van der Waals surface area contributed by atoms with Gasteiger partial charge in [0.05, 0.1) is 0 Å². The minimum absolute atomic E-state index is 0.0242. The maximum Gasteiger partial charge on any atom is 0.119 e.